The first-order valence-electron chi connectivity index (χ1n) is 4.69. The van der Waals surface area contributed by atoms with E-state index in [1.54, 1.807) is 12.1 Å². The number of aryl methyl sites for hydroxylation is 1. The van der Waals surface area contributed by atoms with Gasteiger partial charge in [0.1, 0.15) is 0 Å². The van der Waals surface area contributed by atoms with Crippen LogP contribution in [0.5, 0.6) is 0 Å². The van der Waals surface area contributed by atoms with Crippen LogP contribution in [0.25, 0.3) is 6.08 Å². The second-order valence-electron chi connectivity index (χ2n) is 3.52. The van der Waals surface area contributed by atoms with Gasteiger partial charge in [-0.1, -0.05) is 18.2 Å². The summed E-state index contributed by atoms with van der Waals surface area (Å²) in [6, 6.07) is 4.73. The third kappa shape index (κ3) is 3.18. The molecule has 1 unspecified atom stereocenters. The summed E-state index contributed by atoms with van der Waals surface area (Å²) in [6.07, 6.45) is 3.62. The zero-order valence-corrected chi connectivity index (χ0v) is 8.81. The summed E-state index contributed by atoms with van der Waals surface area (Å²) >= 11 is 0. The quantitative estimate of drug-likeness (QED) is 0.609. The SMILES string of the molecule is Cc1ccc([N+](=O)[O-])cc1/C=C/C(C)N. The van der Waals surface area contributed by atoms with Crippen molar-refractivity contribution in [1.29, 1.82) is 0 Å². The van der Waals surface area contributed by atoms with Crippen LogP contribution in [0.3, 0.4) is 0 Å². The average molecular weight is 206 g/mol. The molecule has 0 fully saturated rings. The van der Waals surface area contributed by atoms with Gasteiger partial charge >= 0.3 is 0 Å². The molecule has 15 heavy (non-hydrogen) atoms. The molecule has 1 rings (SSSR count). The van der Waals surface area contributed by atoms with Crippen LogP contribution in [0.1, 0.15) is 18.1 Å². The van der Waals surface area contributed by atoms with Crippen molar-refractivity contribution in [3.05, 3.63) is 45.5 Å². The molecule has 4 heteroatoms. The summed E-state index contributed by atoms with van der Waals surface area (Å²) in [6.45, 7) is 3.76. The molecule has 1 aromatic rings. The van der Waals surface area contributed by atoms with E-state index in [1.807, 2.05) is 26.0 Å². The van der Waals surface area contributed by atoms with Gasteiger partial charge in [0.2, 0.25) is 0 Å². The Morgan fingerprint density at radius 3 is 2.73 bits per heavy atom. The predicted octanol–water partition coefficient (Wildman–Crippen LogP) is 2.26. The van der Waals surface area contributed by atoms with Crippen molar-refractivity contribution in [1.82, 2.24) is 0 Å². The van der Waals surface area contributed by atoms with Gasteiger partial charge in [-0.2, -0.15) is 0 Å². The standard InChI is InChI=1S/C11H14N2O2/c1-8-3-6-11(13(14)15)7-10(8)5-4-9(2)12/h3-7,9H,12H2,1-2H3/b5-4+. The molecule has 0 aliphatic rings. The molecule has 4 nitrogen and oxygen atoms in total. The van der Waals surface area contributed by atoms with Crippen LogP contribution < -0.4 is 5.73 Å². The fourth-order valence-electron chi connectivity index (χ4n) is 1.18. The second kappa shape index (κ2) is 4.70. The molecule has 2 N–H and O–H groups in total. The van der Waals surface area contributed by atoms with Crippen LogP contribution in [-0.2, 0) is 0 Å². The van der Waals surface area contributed by atoms with Crippen LogP contribution in [0.4, 0.5) is 5.69 Å². The highest BCUT2D eigenvalue weighted by Crippen LogP contribution is 2.18. The first-order chi connectivity index (χ1) is 7.00. The van der Waals surface area contributed by atoms with Crippen LogP contribution in [0, 0.1) is 17.0 Å². The maximum atomic E-state index is 10.6. The van der Waals surface area contributed by atoms with Crippen molar-refractivity contribution < 1.29 is 4.92 Å². The van der Waals surface area contributed by atoms with Gasteiger partial charge in [0.25, 0.3) is 5.69 Å². The van der Waals surface area contributed by atoms with E-state index in [4.69, 9.17) is 5.73 Å². The van der Waals surface area contributed by atoms with E-state index in [2.05, 4.69) is 0 Å². The number of non-ortho nitro benzene ring substituents is 1. The number of nitrogens with zero attached hydrogens (tertiary/aromatic N) is 1. The van der Waals surface area contributed by atoms with Crippen molar-refractivity contribution in [3.63, 3.8) is 0 Å². The molecule has 0 bridgehead atoms. The van der Waals surface area contributed by atoms with Gasteiger partial charge in [-0.15, -0.1) is 0 Å². The molecule has 80 valence electrons. The molecule has 0 aliphatic heterocycles. The number of hydrogen-bond acceptors (Lipinski definition) is 3. The highest BCUT2D eigenvalue weighted by atomic mass is 16.6. The Morgan fingerprint density at radius 2 is 2.20 bits per heavy atom. The first-order valence-corrected chi connectivity index (χ1v) is 4.69. The summed E-state index contributed by atoms with van der Waals surface area (Å²) in [5.41, 5.74) is 7.50. The molecule has 1 aromatic carbocycles. The smallest absolute Gasteiger partial charge is 0.270 e. The van der Waals surface area contributed by atoms with Gasteiger partial charge in [0.15, 0.2) is 0 Å². The Hall–Kier alpha value is -1.68. The fourth-order valence-corrected chi connectivity index (χ4v) is 1.18. The Labute approximate surface area is 88.6 Å². The molecule has 0 saturated heterocycles. The molecule has 0 amide bonds. The highest BCUT2D eigenvalue weighted by Gasteiger charge is 2.06. The van der Waals surface area contributed by atoms with Gasteiger partial charge in [-0.3, -0.25) is 10.1 Å². The number of hydrogen-bond donors (Lipinski definition) is 1. The minimum Gasteiger partial charge on any atom is -0.325 e. The first kappa shape index (κ1) is 11.4. The molecular formula is C11H14N2O2. The summed E-state index contributed by atoms with van der Waals surface area (Å²) in [7, 11) is 0. The minimum atomic E-state index is -0.400. The lowest BCUT2D eigenvalue weighted by Crippen LogP contribution is -2.09. The van der Waals surface area contributed by atoms with Crippen molar-refractivity contribution >= 4 is 11.8 Å². The molecule has 0 aliphatic carbocycles. The number of benzene rings is 1. The van der Waals surface area contributed by atoms with E-state index in [9.17, 15) is 10.1 Å². The van der Waals surface area contributed by atoms with E-state index >= 15 is 0 Å². The lowest BCUT2D eigenvalue weighted by atomic mass is 10.1. The third-order valence-corrected chi connectivity index (χ3v) is 2.05. The van der Waals surface area contributed by atoms with Crippen LogP contribution >= 0.6 is 0 Å². The average Bonchev–Trinajstić information content (AvgIpc) is 2.16. The molecule has 1 atom stereocenters. The number of nitro groups is 1. The predicted molar refractivity (Wildman–Crippen MR) is 60.5 cm³/mol. The fraction of sp³-hybridized carbons (Fsp3) is 0.273. The number of nitro benzene ring substituents is 1. The van der Waals surface area contributed by atoms with Crippen LogP contribution in [0.2, 0.25) is 0 Å². The van der Waals surface area contributed by atoms with E-state index in [-0.39, 0.29) is 11.7 Å². The maximum absolute atomic E-state index is 10.6. The van der Waals surface area contributed by atoms with E-state index in [1.165, 1.54) is 6.07 Å². The summed E-state index contributed by atoms with van der Waals surface area (Å²) in [5.74, 6) is 0. The van der Waals surface area contributed by atoms with Crippen molar-refractivity contribution in [2.24, 2.45) is 5.73 Å². The van der Waals surface area contributed by atoms with E-state index < -0.39 is 4.92 Å². The largest absolute Gasteiger partial charge is 0.325 e. The van der Waals surface area contributed by atoms with Gasteiger partial charge < -0.3 is 5.73 Å². The van der Waals surface area contributed by atoms with E-state index in [0.717, 1.165) is 11.1 Å². The third-order valence-electron chi connectivity index (χ3n) is 2.05. The normalized spacial score (nSPS) is 13.0. The van der Waals surface area contributed by atoms with Gasteiger partial charge in [-0.05, 0) is 25.0 Å². The second-order valence-corrected chi connectivity index (χ2v) is 3.52. The zero-order valence-electron chi connectivity index (χ0n) is 8.81. The van der Waals surface area contributed by atoms with Crippen LogP contribution in [0.15, 0.2) is 24.3 Å². The molecule has 0 heterocycles. The maximum Gasteiger partial charge on any atom is 0.270 e. The Balaban J connectivity index is 3.05. The van der Waals surface area contributed by atoms with Gasteiger partial charge in [0, 0.05) is 18.2 Å². The Morgan fingerprint density at radius 1 is 1.53 bits per heavy atom. The van der Waals surface area contributed by atoms with Crippen molar-refractivity contribution in [2.45, 2.75) is 19.9 Å². The monoisotopic (exact) mass is 206 g/mol. The minimum absolute atomic E-state index is 0.0522. The highest BCUT2D eigenvalue weighted by molar-refractivity contribution is 5.57. The lowest BCUT2D eigenvalue weighted by Gasteiger charge is -2.01. The molecule has 0 radical (unpaired) electrons. The molecule has 0 aromatic heterocycles. The van der Waals surface area contributed by atoms with Crippen molar-refractivity contribution in [2.75, 3.05) is 0 Å². The lowest BCUT2D eigenvalue weighted by molar-refractivity contribution is -0.384. The Bertz CT molecular complexity index is 398. The van der Waals surface area contributed by atoms with E-state index in [0.29, 0.717) is 0 Å². The number of nitrogens with two attached hydrogens (primary N) is 1. The van der Waals surface area contributed by atoms with Gasteiger partial charge in [0.05, 0.1) is 4.92 Å². The van der Waals surface area contributed by atoms with Crippen LogP contribution in [-0.4, -0.2) is 11.0 Å². The summed E-state index contributed by atoms with van der Waals surface area (Å²) in [5, 5.41) is 10.6. The van der Waals surface area contributed by atoms with Gasteiger partial charge in [-0.25, -0.2) is 0 Å². The number of rotatable bonds is 3. The molecular weight excluding hydrogens is 192 g/mol. The molecule has 0 spiro atoms. The molecule has 0 saturated carbocycles. The van der Waals surface area contributed by atoms with Crippen molar-refractivity contribution in [3.8, 4) is 0 Å². The zero-order chi connectivity index (χ0) is 11.4. The topological polar surface area (TPSA) is 69.2 Å². The Kier molecular flexibility index (Phi) is 3.57. The summed E-state index contributed by atoms with van der Waals surface area (Å²) in [4.78, 5) is 10.2. The summed E-state index contributed by atoms with van der Waals surface area (Å²) < 4.78 is 0.